The summed E-state index contributed by atoms with van der Waals surface area (Å²) in [5.74, 6) is 0.0598. The number of likely N-dealkylation sites (tertiary alicyclic amines) is 1. The first kappa shape index (κ1) is 13.8. The zero-order valence-corrected chi connectivity index (χ0v) is 11.3. The molecule has 1 heterocycles. The lowest BCUT2D eigenvalue weighted by atomic mass is 9.92. The van der Waals surface area contributed by atoms with Gasteiger partial charge in [0.1, 0.15) is 5.82 Å². The molecule has 0 bridgehead atoms. The number of aliphatic hydroxyl groups is 1. The summed E-state index contributed by atoms with van der Waals surface area (Å²) in [5.41, 5.74) is 0.822. The summed E-state index contributed by atoms with van der Waals surface area (Å²) in [7, 11) is 0. The summed E-state index contributed by atoms with van der Waals surface area (Å²) in [6.07, 6.45) is 1.55. The molecule has 0 saturated carbocycles. The van der Waals surface area contributed by atoms with Gasteiger partial charge in [0, 0.05) is 24.7 Å². The molecule has 1 aromatic carbocycles. The number of hydrogen-bond acceptors (Lipinski definition) is 2. The molecule has 1 aromatic rings. The van der Waals surface area contributed by atoms with Crippen molar-refractivity contribution in [1.29, 1.82) is 0 Å². The maximum atomic E-state index is 13.2. The Morgan fingerprint density at radius 2 is 2.28 bits per heavy atom. The molecule has 2 atom stereocenters. The van der Waals surface area contributed by atoms with Crippen LogP contribution in [-0.2, 0) is 6.54 Å². The molecular formula is C14H19ClFNO. The highest BCUT2D eigenvalue weighted by atomic mass is 35.5. The lowest BCUT2D eigenvalue weighted by Gasteiger charge is -2.35. The zero-order chi connectivity index (χ0) is 13.1. The molecular weight excluding hydrogens is 253 g/mol. The van der Waals surface area contributed by atoms with Crippen molar-refractivity contribution >= 4 is 11.6 Å². The van der Waals surface area contributed by atoms with Gasteiger partial charge < -0.3 is 5.11 Å². The highest BCUT2D eigenvalue weighted by molar-refractivity contribution is 6.31. The number of hydrogen-bond donors (Lipinski definition) is 1. The third kappa shape index (κ3) is 3.22. The Morgan fingerprint density at radius 3 is 3.00 bits per heavy atom. The summed E-state index contributed by atoms with van der Waals surface area (Å²) in [4.78, 5) is 2.24. The maximum absolute atomic E-state index is 13.2. The molecule has 0 aromatic heterocycles. The van der Waals surface area contributed by atoms with Crippen LogP contribution >= 0.6 is 11.6 Å². The topological polar surface area (TPSA) is 23.5 Å². The number of benzene rings is 1. The highest BCUT2D eigenvalue weighted by Gasteiger charge is 2.26. The number of nitrogens with zero attached hydrogens (tertiary/aromatic N) is 1. The Bertz CT molecular complexity index is 413. The maximum Gasteiger partial charge on any atom is 0.123 e. The quantitative estimate of drug-likeness (QED) is 0.913. The third-order valence-electron chi connectivity index (χ3n) is 3.70. The second-order valence-corrected chi connectivity index (χ2v) is 5.40. The van der Waals surface area contributed by atoms with E-state index in [2.05, 4.69) is 11.8 Å². The van der Waals surface area contributed by atoms with Crippen LogP contribution in [0.1, 0.15) is 25.3 Å². The van der Waals surface area contributed by atoms with Crippen molar-refractivity contribution in [2.24, 2.45) is 5.92 Å². The summed E-state index contributed by atoms with van der Waals surface area (Å²) >= 11 is 6.07. The van der Waals surface area contributed by atoms with Crippen molar-refractivity contribution in [1.82, 2.24) is 4.90 Å². The largest absolute Gasteiger partial charge is 0.393 e. The number of piperidine rings is 1. The van der Waals surface area contributed by atoms with Gasteiger partial charge in [-0.05, 0) is 42.5 Å². The highest BCUT2D eigenvalue weighted by Crippen LogP contribution is 2.24. The Morgan fingerprint density at radius 1 is 1.50 bits per heavy atom. The van der Waals surface area contributed by atoms with E-state index in [-0.39, 0.29) is 11.9 Å². The van der Waals surface area contributed by atoms with Gasteiger partial charge in [-0.15, -0.1) is 0 Å². The molecule has 18 heavy (non-hydrogen) atoms. The molecule has 1 aliphatic rings. The van der Waals surface area contributed by atoms with Crippen molar-refractivity contribution in [3.8, 4) is 0 Å². The SMILES string of the molecule is CCC1CN(Cc2cc(F)ccc2Cl)CCC1O. The summed E-state index contributed by atoms with van der Waals surface area (Å²) in [5, 5.41) is 10.4. The average Bonchev–Trinajstić information content (AvgIpc) is 2.36. The predicted molar refractivity (Wildman–Crippen MR) is 71.1 cm³/mol. The van der Waals surface area contributed by atoms with Crippen LogP contribution in [0, 0.1) is 11.7 Å². The van der Waals surface area contributed by atoms with Crippen molar-refractivity contribution in [2.75, 3.05) is 13.1 Å². The van der Waals surface area contributed by atoms with Crippen LogP contribution < -0.4 is 0 Å². The van der Waals surface area contributed by atoms with E-state index in [4.69, 9.17) is 11.6 Å². The van der Waals surface area contributed by atoms with E-state index in [9.17, 15) is 9.50 Å². The van der Waals surface area contributed by atoms with E-state index in [1.165, 1.54) is 12.1 Å². The minimum absolute atomic E-state index is 0.200. The van der Waals surface area contributed by atoms with Gasteiger partial charge >= 0.3 is 0 Å². The van der Waals surface area contributed by atoms with Crippen LogP contribution in [0.5, 0.6) is 0 Å². The lowest BCUT2D eigenvalue weighted by Crippen LogP contribution is -2.42. The average molecular weight is 272 g/mol. The van der Waals surface area contributed by atoms with Crippen LogP contribution in [0.3, 0.4) is 0 Å². The molecule has 1 N–H and O–H groups in total. The van der Waals surface area contributed by atoms with Crippen molar-refractivity contribution in [2.45, 2.75) is 32.4 Å². The van der Waals surface area contributed by atoms with Crippen molar-refractivity contribution in [3.63, 3.8) is 0 Å². The molecule has 1 fully saturated rings. The van der Waals surface area contributed by atoms with Crippen LogP contribution in [0.4, 0.5) is 4.39 Å². The Labute approximate surface area is 112 Å². The fourth-order valence-corrected chi connectivity index (χ4v) is 2.72. The molecule has 1 aliphatic heterocycles. The summed E-state index contributed by atoms with van der Waals surface area (Å²) < 4.78 is 13.2. The first-order valence-corrected chi connectivity index (χ1v) is 6.82. The van der Waals surface area contributed by atoms with Gasteiger partial charge in [0.25, 0.3) is 0 Å². The predicted octanol–water partition coefficient (Wildman–Crippen LogP) is 3.07. The van der Waals surface area contributed by atoms with Crippen LogP contribution in [-0.4, -0.2) is 29.2 Å². The fraction of sp³-hybridized carbons (Fsp3) is 0.571. The Hall–Kier alpha value is -0.640. The summed E-state index contributed by atoms with van der Waals surface area (Å²) in [6.45, 7) is 4.43. The minimum Gasteiger partial charge on any atom is -0.393 e. The molecule has 1 saturated heterocycles. The second-order valence-electron chi connectivity index (χ2n) is 5.00. The van der Waals surface area contributed by atoms with E-state index < -0.39 is 0 Å². The van der Waals surface area contributed by atoms with Gasteiger partial charge in [-0.3, -0.25) is 4.90 Å². The van der Waals surface area contributed by atoms with Gasteiger partial charge in [-0.25, -0.2) is 4.39 Å². The Balaban J connectivity index is 2.03. The third-order valence-corrected chi connectivity index (χ3v) is 4.07. The molecule has 0 aliphatic carbocycles. The van der Waals surface area contributed by atoms with Crippen molar-refractivity contribution < 1.29 is 9.50 Å². The normalized spacial score (nSPS) is 25.3. The summed E-state index contributed by atoms with van der Waals surface area (Å²) in [6, 6.07) is 4.47. The molecule has 0 radical (unpaired) electrons. The van der Waals surface area contributed by atoms with Crippen molar-refractivity contribution in [3.05, 3.63) is 34.6 Å². The molecule has 4 heteroatoms. The molecule has 2 unspecified atom stereocenters. The first-order chi connectivity index (χ1) is 8.60. The number of rotatable bonds is 3. The lowest BCUT2D eigenvalue weighted by molar-refractivity contribution is 0.0222. The molecule has 2 rings (SSSR count). The van der Waals surface area contributed by atoms with E-state index in [1.807, 2.05) is 0 Å². The number of halogens is 2. The fourth-order valence-electron chi connectivity index (χ4n) is 2.55. The monoisotopic (exact) mass is 271 g/mol. The number of aliphatic hydroxyl groups excluding tert-OH is 1. The van der Waals surface area contributed by atoms with E-state index >= 15 is 0 Å². The van der Waals surface area contributed by atoms with E-state index in [1.54, 1.807) is 6.07 Å². The van der Waals surface area contributed by atoms with Crippen LogP contribution in [0.25, 0.3) is 0 Å². The first-order valence-electron chi connectivity index (χ1n) is 6.44. The smallest absolute Gasteiger partial charge is 0.123 e. The molecule has 100 valence electrons. The second kappa shape index (κ2) is 6.00. The van der Waals surface area contributed by atoms with Crippen LogP contribution in [0.2, 0.25) is 5.02 Å². The Kier molecular flexibility index (Phi) is 4.60. The van der Waals surface area contributed by atoms with Gasteiger partial charge in [-0.2, -0.15) is 0 Å². The van der Waals surface area contributed by atoms with Gasteiger partial charge in [-0.1, -0.05) is 18.5 Å². The van der Waals surface area contributed by atoms with Gasteiger partial charge in [0.05, 0.1) is 6.10 Å². The van der Waals surface area contributed by atoms with Gasteiger partial charge in [0.2, 0.25) is 0 Å². The minimum atomic E-state index is -0.251. The van der Waals surface area contributed by atoms with Gasteiger partial charge in [0.15, 0.2) is 0 Å². The molecule has 0 amide bonds. The standard InChI is InChI=1S/C14H19ClFNO/c1-2-10-8-17(6-5-14(10)18)9-11-7-12(16)3-4-13(11)15/h3-4,7,10,14,18H,2,5-6,8-9H2,1H3. The van der Waals surface area contributed by atoms with E-state index in [0.29, 0.717) is 17.5 Å². The zero-order valence-electron chi connectivity index (χ0n) is 10.6. The molecule has 2 nitrogen and oxygen atoms in total. The molecule has 0 spiro atoms. The van der Waals surface area contributed by atoms with Crippen LogP contribution in [0.15, 0.2) is 18.2 Å². The van der Waals surface area contributed by atoms with E-state index in [0.717, 1.165) is 31.5 Å².